The van der Waals surface area contributed by atoms with E-state index in [1.54, 1.807) is 0 Å². The molecule has 0 atom stereocenters. The van der Waals surface area contributed by atoms with Crippen LogP contribution in [-0.2, 0) is 6.54 Å². The molecule has 1 aliphatic heterocycles. The van der Waals surface area contributed by atoms with Gasteiger partial charge < -0.3 is 17.0 Å². The van der Waals surface area contributed by atoms with Gasteiger partial charge in [0, 0.05) is 11.3 Å². The Bertz CT molecular complexity index is 1060. The standard InChI is InChI=1S/C24H21N2S.BrH/c1-3-8-19(9-4-1)20-12-14-21(15-13-20)23-18-25-16-7-17-27-24(25)26(23)22-10-5-2-6-11-22;/h1-6,8-15,18H,7,16-17H2;1H/q+1;/p-1. The quantitative estimate of drug-likeness (QED) is 0.437. The third-order valence-corrected chi connectivity index (χ3v) is 6.20. The van der Waals surface area contributed by atoms with Crippen LogP contribution in [0.2, 0.25) is 0 Å². The van der Waals surface area contributed by atoms with Crippen molar-refractivity contribution >= 4 is 11.8 Å². The molecule has 5 rings (SSSR count). The molecule has 0 fully saturated rings. The lowest BCUT2D eigenvalue weighted by Crippen LogP contribution is -3.00. The highest BCUT2D eigenvalue weighted by Crippen LogP contribution is 2.32. The summed E-state index contributed by atoms with van der Waals surface area (Å²) < 4.78 is 4.81. The largest absolute Gasteiger partial charge is 1.00 e. The summed E-state index contributed by atoms with van der Waals surface area (Å²) in [6.45, 7) is 1.09. The number of hydrogen-bond acceptors (Lipinski definition) is 1. The van der Waals surface area contributed by atoms with Crippen LogP contribution in [0.3, 0.4) is 0 Å². The Hall–Kier alpha value is -2.30. The number of thioether (sulfide) groups is 1. The Morgan fingerprint density at radius 1 is 0.714 bits per heavy atom. The zero-order valence-electron chi connectivity index (χ0n) is 15.5. The Labute approximate surface area is 180 Å². The van der Waals surface area contributed by atoms with Gasteiger partial charge in [-0.2, -0.15) is 4.57 Å². The average molecular weight is 449 g/mol. The van der Waals surface area contributed by atoms with Crippen LogP contribution in [0.1, 0.15) is 6.42 Å². The molecule has 1 aromatic heterocycles. The number of aryl methyl sites for hydroxylation is 1. The van der Waals surface area contributed by atoms with Gasteiger partial charge in [-0.1, -0.05) is 60.7 Å². The molecule has 2 nitrogen and oxygen atoms in total. The van der Waals surface area contributed by atoms with Gasteiger partial charge in [-0.05, 0) is 53.6 Å². The molecule has 28 heavy (non-hydrogen) atoms. The molecule has 4 aromatic rings. The van der Waals surface area contributed by atoms with Crippen molar-refractivity contribution in [2.75, 3.05) is 5.75 Å². The van der Waals surface area contributed by atoms with Crippen molar-refractivity contribution in [1.29, 1.82) is 0 Å². The van der Waals surface area contributed by atoms with Crippen molar-refractivity contribution in [3.05, 3.63) is 91.1 Å². The van der Waals surface area contributed by atoms with Crippen LogP contribution in [0.5, 0.6) is 0 Å². The highest BCUT2D eigenvalue weighted by atomic mass is 79.9. The fraction of sp³-hybridized carbons (Fsp3) is 0.125. The summed E-state index contributed by atoms with van der Waals surface area (Å²) in [5, 5.41) is 1.33. The van der Waals surface area contributed by atoms with E-state index in [1.807, 2.05) is 11.8 Å². The van der Waals surface area contributed by atoms with Crippen LogP contribution < -0.4 is 21.5 Å². The van der Waals surface area contributed by atoms with Crippen molar-refractivity contribution in [2.45, 2.75) is 18.1 Å². The molecule has 0 bridgehead atoms. The minimum Gasteiger partial charge on any atom is -1.00 e. The van der Waals surface area contributed by atoms with E-state index in [0.717, 1.165) is 6.54 Å². The molecule has 3 aromatic carbocycles. The predicted molar refractivity (Wildman–Crippen MR) is 112 cm³/mol. The van der Waals surface area contributed by atoms with Crippen LogP contribution in [0.4, 0.5) is 0 Å². The summed E-state index contributed by atoms with van der Waals surface area (Å²) in [5.41, 5.74) is 6.24. The van der Waals surface area contributed by atoms with Gasteiger partial charge in [0.2, 0.25) is 0 Å². The van der Waals surface area contributed by atoms with Crippen LogP contribution in [0, 0.1) is 0 Å². The maximum atomic E-state index is 2.40. The van der Waals surface area contributed by atoms with E-state index in [2.05, 4.69) is 100 Å². The lowest BCUT2D eigenvalue weighted by molar-refractivity contribution is -0.734. The maximum Gasteiger partial charge on any atom is 0.323 e. The van der Waals surface area contributed by atoms with Gasteiger partial charge >= 0.3 is 5.16 Å². The molecule has 140 valence electrons. The van der Waals surface area contributed by atoms with E-state index in [9.17, 15) is 0 Å². The first-order valence-electron chi connectivity index (χ1n) is 9.39. The lowest BCUT2D eigenvalue weighted by atomic mass is 10.0. The van der Waals surface area contributed by atoms with Crippen molar-refractivity contribution in [3.63, 3.8) is 0 Å². The van der Waals surface area contributed by atoms with Gasteiger partial charge in [0.25, 0.3) is 0 Å². The molecule has 0 aliphatic carbocycles. The smallest absolute Gasteiger partial charge is 0.323 e. The fourth-order valence-corrected chi connectivity index (χ4v) is 4.79. The molecule has 0 N–H and O–H groups in total. The topological polar surface area (TPSA) is 8.81 Å². The number of fused-ring (bicyclic) bond motifs is 1. The molecule has 4 heteroatoms. The third-order valence-electron chi connectivity index (χ3n) is 5.03. The summed E-state index contributed by atoms with van der Waals surface area (Å²) in [7, 11) is 0. The van der Waals surface area contributed by atoms with Gasteiger partial charge in [0.1, 0.15) is 11.9 Å². The fourth-order valence-electron chi connectivity index (χ4n) is 3.69. The molecule has 0 spiro atoms. The minimum absolute atomic E-state index is 0. The summed E-state index contributed by atoms with van der Waals surface area (Å²) >= 11 is 1.95. The van der Waals surface area contributed by atoms with E-state index < -0.39 is 0 Å². The predicted octanol–water partition coefficient (Wildman–Crippen LogP) is 2.60. The second kappa shape index (κ2) is 8.38. The van der Waals surface area contributed by atoms with Crippen LogP contribution >= 0.6 is 11.8 Å². The number of nitrogens with zero attached hydrogens (tertiary/aromatic N) is 2. The normalized spacial score (nSPS) is 12.9. The molecular formula is C24H21BrN2S. The van der Waals surface area contributed by atoms with E-state index in [-0.39, 0.29) is 17.0 Å². The Morgan fingerprint density at radius 3 is 2.04 bits per heavy atom. The van der Waals surface area contributed by atoms with E-state index >= 15 is 0 Å². The van der Waals surface area contributed by atoms with Crippen molar-refractivity contribution in [3.8, 4) is 28.1 Å². The van der Waals surface area contributed by atoms with E-state index in [4.69, 9.17) is 0 Å². The number of aromatic nitrogens is 2. The summed E-state index contributed by atoms with van der Waals surface area (Å²) in [6, 6.07) is 30.2. The van der Waals surface area contributed by atoms with Gasteiger partial charge in [-0.15, -0.1) is 0 Å². The number of imidazole rings is 1. The number of halogens is 1. The van der Waals surface area contributed by atoms with Gasteiger partial charge in [-0.3, -0.25) is 0 Å². The van der Waals surface area contributed by atoms with Gasteiger partial charge in [0.05, 0.1) is 6.54 Å². The Morgan fingerprint density at radius 2 is 1.32 bits per heavy atom. The second-order valence-corrected chi connectivity index (χ2v) is 7.87. The van der Waals surface area contributed by atoms with Crippen LogP contribution in [0.25, 0.3) is 28.1 Å². The monoisotopic (exact) mass is 448 g/mol. The zero-order valence-corrected chi connectivity index (χ0v) is 17.9. The SMILES string of the molecule is [Br-].c1ccc(-c2ccc(-c3c[n+]4c(n3-c3ccccc3)SCCC4)cc2)cc1. The van der Waals surface area contributed by atoms with Crippen molar-refractivity contribution < 1.29 is 21.5 Å². The molecule has 0 amide bonds. The summed E-state index contributed by atoms with van der Waals surface area (Å²) in [5.74, 6) is 1.18. The van der Waals surface area contributed by atoms with Crippen molar-refractivity contribution in [2.24, 2.45) is 0 Å². The third kappa shape index (κ3) is 3.54. The molecule has 1 aliphatic rings. The Balaban J connectivity index is 0.00000192. The average Bonchev–Trinajstić information content (AvgIpc) is 3.15. The molecular weight excluding hydrogens is 428 g/mol. The first-order valence-corrected chi connectivity index (χ1v) is 10.4. The molecule has 2 heterocycles. The lowest BCUT2D eigenvalue weighted by Gasteiger charge is -2.09. The molecule has 0 unspecified atom stereocenters. The molecule has 0 radical (unpaired) electrons. The van der Waals surface area contributed by atoms with Crippen molar-refractivity contribution in [1.82, 2.24) is 4.57 Å². The van der Waals surface area contributed by atoms with Gasteiger partial charge in [0.15, 0.2) is 5.69 Å². The highest BCUT2D eigenvalue weighted by molar-refractivity contribution is 7.99. The summed E-state index contributed by atoms with van der Waals surface area (Å²) in [4.78, 5) is 0. The number of hydrogen-bond donors (Lipinski definition) is 0. The number of rotatable bonds is 3. The van der Waals surface area contributed by atoms with Crippen LogP contribution in [0.15, 0.2) is 96.3 Å². The van der Waals surface area contributed by atoms with E-state index in [0.29, 0.717) is 0 Å². The first-order chi connectivity index (χ1) is 13.4. The van der Waals surface area contributed by atoms with Crippen LogP contribution in [-0.4, -0.2) is 10.3 Å². The first kappa shape index (κ1) is 19.0. The summed E-state index contributed by atoms with van der Waals surface area (Å²) in [6.07, 6.45) is 3.54. The second-order valence-electron chi connectivity index (χ2n) is 6.81. The molecule has 0 saturated carbocycles. The number of para-hydroxylation sites is 1. The molecule has 0 saturated heterocycles. The maximum absolute atomic E-state index is 2.40. The highest BCUT2D eigenvalue weighted by Gasteiger charge is 2.28. The van der Waals surface area contributed by atoms with Gasteiger partial charge in [-0.25, -0.2) is 4.57 Å². The Kier molecular flexibility index (Phi) is 5.69. The van der Waals surface area contributed by atoms with E-state index in [1.165, 1.54) is 45.4 Å². The zero-order chi connectivity index (χ0) is 18.1. The number of benzene rings is 3. The minimum atomic E-state index is 0.